The number of methoxy groups -OCH3 is 1. The molecule has 0 saturated heterocycles. The average Bonchev–Trinajstić information content (AvgIpc) is 3.13. The van der Waals surface area contributed by atoms with Crippen molar-refractivity contribution in [1.82, 2.24) is 10.2 Å². The molecule has 0 unspecified atom stereocenters. The van der Waals surface area contributed by atoms with E-state index in [1.165, 1.54) is 0 Å². The van der Waals surface area contributed by atoms with E-state index >= 15 is 0 Å². The van der Waals surface area contributed by atoms with E-state index in [0.29, 0.717) is 23.1 Å². The molecule has 0 saturated carbocycles. The van der Waals surface area contributed by atoms with Crippen LogP contribution in [-0.4, -0.2) is 17.3 Å². The molecule has 0 fully saturated rings. The Morgan fingerprint density at radius 1 is 1.00 bits per heavy atom. The van der Waals surface area contributed by atoms with E-state index in [2.05, 4.69) is 16.3 Å². The zero-order valence-corrected chi connectivity index (χ0v) is 13.3. The first-order valence-electron chi connectivity index (χ1n) is 7.34. The predicted molar refractivity (Wildman–Crippen MR) is 86.5 cm³/mol. The lowest BCUT2D eigenvalue weighted by Gasteiger charge is -2.10. The van der Waals surface area contributed by atoms with Gasteiger partial charge >= 0.3 is 0 Å². The SMILES string of the molecule is COc1ccc(-c2nnc([C@@H](C)Oc3ccc(C#N)cc3)o2)cc1. The van der Waals surface area contributed by atoms with Crippen LogP contribution in [-0.2, 0) is 0 Å². The second-order valence-electron chi connectivity index (χ2n) is 5.07. The lowest BCUT2D eigenvalue weighted by molar-refractivity contribution is 0.189. The van der Waals surface area contributed by atoms with Gasteiger partial charge in [-0.1, -0.05) is 0 Å². The summed E-state index contributed by atoms with van der Waals surface area (Å²) in [5.41, 5.74) is 1.38. The minimum Gasteiger partial charge on any atom is -0.497 e. The van der Waals surface area contributed by atoms with Crippen molar-refractivity contribution in [3.05, 3.63) is 60.0 Å². The third-order valence-corrected chi connectivity index (χ3v) is 3.42. The Kier molecular flexibility index (Phi) is 4.43. The fourth-order valence-electron chi connectivity index (χ4n) is 2.11. The Morgan fingerprint density at radius 3 is 2.29 bits per heavy atom. The third-order valence-electron chi connectivity index (χ3n) is 3.42. The van der Waals surface area contributed by atoms with Gasteiger partial charge in [0.2, 0.25) is 5.89 Å². The van der Waals surface area contributed by atoms with Crippen LogP contribution in [0.15, 0.2) is 52.9 Å². The van der Waals surface area contributed by atoms with Crippen molar-refractivity contribution in [2.75, 3.05) is 7.11 Å². The van der Waals surface area contributed by atoms with Crippen molar-refractivity contribution < 1.29 is 13.9 Å². The number of hydrogen-bond donors (Lipinski definition) is 0. The molecule has 0 bridgehead atoms. The normalized spacial score (nSPS) is 11.5. The van der Waals surface area contributed by atoms with E-state index in [1.54, 1.807) is 31.4 Å². The van der Waals surface area contributed by atoms with Crippen LogP contribution in [0.2, 0.25) is 0 Å². The molecular formula is C18H15N3O3. The summed E-state index contributed by atoms with van der Waals surface area (Å²) in [6.07, 6.45) is -0.405. The number of rotatable bonds is 5. The first kappa shape index (κ1) is 15.6. The molecule has 3 rings (SSSR count). The molecule has 6 heteroatoms. The van der Waals surface area contributed by atoms with Crippen LogP contribution < -0.4 is 9.47 Å². The molecule has 2 aromatic carbocycles. The first-order chi connectivity index (χ1) is 11.7. The molecule has 120 valence electrons. The van der Waals surface area contributed by atoms with Crippen LogP contribution >= 0.6 is 0 Å². The molecule has 1 aromatic heterocycles. The minimum atomic E-state index is -0.405. The molecule has 0 amide bonds. The molecule has 0 aliphatic carbocycles. The van der Waals surface area contributed by atoms with E-state index in [-0.39, 0.29) is 0 Å². The molecule has 3 aromatic rings. The van der Waals surface area contributed by atoms with Crippen LogP contribution in [0, 0.1) is 11.3 Å². The van der Waals surface area contributed by atoms with E-state index in [0.717, 1.165) is 11.3 Å². The van der Waals surface area contributed by atoms with Gasteiger partial charge < -0.3 is 13.9 Å². The Bertz CT molecular complexity index is 848. The van der Waals surface area contributed by atoms with Crippen LogP contribution in [0.1, 0.15) is 24.5 Å². The van der Waals surface area contributed by atoms with Gasteiger partial charge in [-0.3, -0.25) is 0 Å². The Morgan fingerprint density at radius 2 is 1.67 bits per heavy atom. The van der Waals surface area contributed by atoms with E-state index in [9.17, 15) is 0 Å². The molecule has 0 spiro atoms. The number of ether oxygens (including phenoxy) is 2. The number of aromatic nitrogens is 2. The Labute approximate surface area is 139 Å². The fraction of sp³-hybridized carbons (Fsp3) is 0.167. The zero-order chi connectivity index (χ0) is 16.9. The van der Waals surface area contributed by atoms with Gasteiger partial charge in [-0.05, 0) is 55.5 Å². The number of hydrogen-bond acceptors (Lipinski definition) is 6. The quantitative estimate of drug-likeness (QED) is 0.711. The largest absolute Gasteiger partial charge is 0.497 e. The van der Waals surface area contributed by atoms with Crippen LogP contribution in [0.25, 0.3) is 11.5 Å². The van der Waals surface area contributed by atoms with Crippen molar-refractivity contribution in [3.8, 4) is 29.0 Å². The van der Waals surface area contributed by atoms with E-state index in [1.807, 2.05) is 31.2 Å². The van der Waals surface area contributed by atoms with Crippen molar-refractivity contribution in [3.63, 3.8) is 0 Å². The Balaban J connectivity index is 1.72. The summed E-state index contributed by atoms with van der Waals surface area (Å²) in [5, 5.41) is 16.9. The molecule has 1 atom stereocenters. The van der Waals surface area contributed by atoms with Gasteiger partial charge in [-0.15, -0.1) is 10.2 Å². The maximum atomic E-state index is 8.80. The topological polar surface area (TPSA) is 81.2 Å². The number of nitrogens with zero attached hydrogens (tertiary/aromatic N) is 3. The van der Waals surface area contributed by atoms with Gasteiger partial charge in [0.25, 0.3) is 5.89 Å². The average molecular weight is 321 g/mol. The minimum absolute atomic E-state index is 0.380. The van der Waals surface area contributed by atoms with Crippen molar-refractivity contribution in [2.24, 2.45) is 0 Å². The number of nitriles is 1. The van der Waals surface area contributed by atoms with Gasteiger partial charge in [0.1, 0.15) is 11.5 Å². The molecule has 1 heterocycles. The molecule has 0 N–H and O–H groups in total. The fourth-order valence-corrected chi connectivity index (χ4v) is 2.11. The van der Waals surface area contributed by atoms with Gasteiger partial charge in [0, 0.05) is 5.56 Å². The highest BCUT2D eigenvalue weighted by molar-refractivity contribution is 5.54. The molecule has 0 aliphatic rings. The molecule has 0 radical (unpaired) electrons. The highest BCUT2D eigenvalue weighted by Crippen LogP contribution is 2.25. The maximum absolute atomic E-state index is 8.80. The molecular weight excluding hydrogens is 306 g/mol. The van der Waals surface area contributed by atoms with Gasteiger partial charge in [0.05, 0.1) is 18.7 Å². The lowest BCUT2D eigenvalue weighted by atomic mass is 10.2. The molecule has 6 nitrogen and oxygen atoms in total. The van der Waals surface area contributed by atoms with Crippen molar-refractivity contribution in [1.29, 1.82) is 5.26 Å². The summed E-state index contributed by atoms with van der Waals surface area (Å²) in [6.45, 7) is 1.82. The van der Waals surface area contributed by atoms with Gasteiger partial charge in [-0.25, -0.2) is 0 Å². The lowest BCUT2D eigenvalue weighted by Crippen LogP contribution is -2.03. The van der Waals surface area contributed by atoms with Crippen molar-refractivity contribution in [2.45, 2.75) is 13.0 Å². The van der Waals surface area contributed by atoms with Crippen LogP contribution in [0.3, 0.4) is 0 Å². The van der Waals surface area contributed by atoms with Crippen LogP contribution in [0.4, 0.5) is 0 Å². The van der Waals surface area contributed by atoms with Crippen LogP contribution in [0.5, 0.6) is 11.5 Å². The van der Waals surface area contributed by atoms with Gasteiger partial charge in [0.15, 0.2) is 6.10 Å². The van der Waals surface area contributed by atoms with Gasteiger partial charge in [-0.2, -0.15) is 5.26 Å². The molecule has 24 heavy (non-hydrogen) atoms. The smallest absolute Gasteiger partial charge is 0.257 e. The molecule has 0 aliphatic heterocycles. The Hall–Kier alpha value is -3.33. The summed E-state index contributed by atoms with van der Waals surface area (Å²) in [5.74, 6) is 2.19. The standard InChI is InChI=1S/C18H15N3O3/c1-12(23-16-7-3-13(11-19)4-8-16)17-20-21-18(24-17)14-5-9-15(22-2)10-6-14/h3-10,12H,1-2H3/t12-/m1/s1. The summed E-state index contributed by atoms with van der Waals surface area (Å²) in [7, 11) is 1.61. The summed E-state index contributed by atoms with van der Waals surface area (Å²) < 4.78 is 16.6. The number of benzene rings is 2. The highest BCUT2D eigenvalue weighted by Gasteiger charge is 2.16. The predicted octanol–water partition coefficient (Wildman–Crippen LogP) is 3.76. The summed E-state index contributed by atoms with van der Waals surface area (Å²) in [6, 6.07) is 16.3. The summed E-state index contributed by atoms with van der Waals surface area (Å²) in [4.78, 5) is 0. The monoisotopic (exact) mass is 321 g/mol. The van der Waals surface area contributed by atoms with Crippen molar-refractivity contribution >= 4 is 0 Å². The third kappa shape index (κ3) is 3.36. The first-order valence-corrected chi connectivity index (χ1v) is 7.34. The van der Waals surface area contributed by atoms with E-state index < -0.39 is 6.10 Å². The van der Waals surface area contributed by atoms with E-state index in [4.69, 9.17) is 19.2 Å². The maximum Gasteiger partial charge on any atom is 0.257 e. The second kappa shape index (κ2) is 6.84. The zero-order valence-electron chi connectivity index (χ0n) is 13.3. The second-order valence-corrected chi connectivity index (χ2v) is 5.07. The summed E-state index contributed by atoms with van der Waals surface area (Å²) >= 11 is 0. The highest BCUT2D eigenvalue weighted by atomic mass is 16.5.